The van der Waals surface area contributed by atoms with Crippen LogP contribution in [-0.4, -0.2) is 48.9 Å². The first-order valence-electron chi connectivity index (χ1n) is 6.41. The van der Waals surface area contributed by atoms with Crippen molar-refractivity contribution in [2.24, 2.45) is 0 Å². The first kappa shape index (κ1) is 18.5. The smallest absolute Gasteiger partial charge is 0.378 e. The van der Waals surface area contributed by atoms with Crippen LogP contribution < -0.4 is 0 Å². The van der Waals surface area contributed by atoms with E-state index in [1.807, 2.05) is 0 Å². The molecule has 0 amide bonds. The normalized spacial score (nSPS) is 10.9. The van der Waals surface area contributed by atoms with Crippen molar-refractivity contribution < 1.29 is 42.5 Å². The van der Waals surface area contributed by atoms with Gasteiger partial charge in [-0.15, -0.1) is 0 Å². The highest BCUT2D eigenvalue weighted by molar-refractivity contribution is 5.93. The molecule has 1 rings (SSSR count). The zero-order valence-corrected chi connectivity index (χ0v) is 12.1. The summed E-state index contributed by atoms with van der Waals surface area (Å²) in [6.45, 7) is 0.296. The summed E-state index contributed by atoms with van der Waals surface area (Å²) in [6, 6.07) is 4.80. The SMILES string of the molecule is CCOCOC(=O)c1ccc(C(=O)OCC(F)(F)C(=O)O)cc1. The van der Waals surface area contributed by atoms with E-state index in [9.17, 15) is 23.2 Å². The monoisotopic (exact) mass is 332 g/mol. The second-order valence-electron chi connectivity index (χ2n) is 4.21. The molecule has 0 aliphatic heterocycles. The molecule has 1 N–H and O–H groups in total. The van der Waals surface area contributed by atoms with Crippen LogP contribution in [0.25, 0.3) is 0 Å². The highest BCUT2D eigenvalue weighted by Crippen LogP contribution is 2.15. The van der Waals surface area contributed by atoms with E-state index in [1.165, 1.54) is 24.3 Å². The molecule has 0 aliphatic rings. The topological polar surface area (TPSA) is 99.1 Å². The fraction of sp³-hybridized carbons (Fsp3) is 0.357. The first-order chi connectivity index (χ1) is 10.8. The van der Waals surface area contributed by atoms with Gasteiger partial charge in [0.25, 0.3) is 0 Å². The number of hydrogen-bond acceptors (Lipinski definition) is 6. The largest absolute Gasteiger partial charge is 0.477 e. The molecule has 1 aromatic rings. The quantitative estimate of drug-likeness (QED) is 0.439. The molecule has 7 nitrogen and oxygen atoms in total. The number of carbonyl (C=O) groups excluding carboxylic acids is 2. The summed E-state index contributed by atoms with van der Waals surface area (Å²) in [4.78, 5) is 33.3. The van der Waals surface area contributed by atoms with Crippen LogP contribution in [-0.2, 0) is 19.0 Å². The van der Waals surface area contributed by atoms with Crippen LogP contribution in [0.2, 0.25) is 0 Å². The zero-order valence-electron chi connectivity index (χ0n) is 12.1. The standard InChI is InChI=1S/C14H14F2O7/c1-2-21-8-23-12(18)10-5-3-9(4-6-10)11(17)22-7-14(15,16)13(19)20/h3-6H,2,7-8H2,1H3,(H,19,20). The molecule has 0 unspecified atom stereocenters. The van der Waals surface area contributed by atoms with Gasteiger partial charge in [0.05, 0.1) is 11.1 Å². The van der Waals surface area contributed by atoms with E-state index >= 15 is 0 Å². The summed E-state index contributed by atoms with van der Waals surface area (Å²) >= 11 is 0. The Kier molecular flexibility index (Phi) is 6.58. The molecule has 0 spiro atoms. The van der Waals surface area contributed by atoms with E-state index in [-0.39, 0.29) is 17.9 Å². The van der Waals surface area contributed by atoms with Gasteiger partial charge in [0, 0.05) is 6.61 Å². The highest BCUT2D eigenvalue weighted by atomic mass is 19.3. The number of halogens is 2. The summed E-state index contributed by atoms with van der Waals surface area (Å²) < 4.78 is 39.4. The number of ether oxygens (including phenoxy) is 3. The molecule has 0 saturated carbocycles. The molecule has 0 aliphatic carbocycles. The predicted molar refractivity (Wildman–Crippen MR) is 71.2 cm³/mol. The van der Waals surface area contributed by atoms with Gasteiger partial charge in [-0.25, -0.2) is 14.4 Å². The number of carboxylic acid groups (broad SMARTS) is 1. The minimum absolute atomic E-state index is 0.118. The molecule has 0 atom stereocenters. The minimum atomic E-state index is -4.17. The summed E-state index contributed by atoms with van der Waals surface area (Å²) in [5.41, 5.74) is 0.00432. The molecule has 0 aromatic heterocycles. The van der Waals surface area contributed by atoms with Gasteiger partial charge < -0.3 is 19.3 Å². The molecule has 126 valence electrons. The Hall–Kier alpha value is -2.55. The van der Waals surface area contributed by atoms with Crippen molar-refractivity contribution in [1.82, 2.24) is 0 Å². The number of hydrogen-bond donors (Lipinski definition) is 1. The third-order valence-electron chi connectivity index (χ3n) is 2.53. The Morgan fingerprint density at radius 3 is 1.96 bits per heavy atom. The van der Waals surface area contributed by atoms with Gasteiger partial charge in [-0.3, -0.25) is 0 Å². The average molecular weight is 332 g/mol. The Morgan fingerprint density at radius 2 is 1.52 bits per heavy atom. The first-order valence-corrected chi connectivity index (χ1v) is 6.41. The van der Waals surface area contributed by atoms with Crippen LogP contribution in [0, 0.1) is 0 Å². The van der Waals surface area contributed by atoms with Crippen molar-refractivity contribution in [2.75, 3.05) is 20.0 Å². The van der Waals surface area contributed by atoms with Crippen molar-refractivity contribution in [3.8, 4) is 0 Å². The lowest BCUT2D eigenvalue weighted by atomic mass is 10.1. The van der Waals surface area contributed by atoms with E-state index < -0.39 is 30.4 Å². The number of rotatable bonds is 8. The van der Waals surface area contributed by atoms with Crippen LogP contribution >= 0.6 is 0 Å². The second kappa shape index (κ2) is 8.18. The molecule has 0 radical (unpaired) electrons. The molecule has 0 fully saturated rings. The summed E-state index contributed by atoms with van der Waals surface area (Å²) in [5.74, 6) is -8.38. The second-order valence-corrected chi connectivity index (χ2v) is 4.21. The summed E-state index contributed by atoms with van der Waals surface area (Å²) in [5, 5.41) is 8.21. The van der Waals surface area contributed by atoms with E-state index in [1.54, 1.807) is 6.92 Å². The van der Waals surface area contributed by atoms with Gasteiger partial charge in [-0.1, -0.05) is 0 Å². The maximum Gasteiger partial charge on any atom is 0.378 e. The number of alkyl halides is 2. The van der Waals surface area contributed by atoms with E-state index in [0.717, 1.165) is 0 Å². The van der Waals surface area contributed by atoms with Crippen LogP contribution in [0.4, 0.5) is 8.78 Å². The van der Waals surface area contributed by atoms with Crippen LogP contribution in [0.5, 0.6) is 0 Å². The van der Waals surface area contributed by atoms with Crippen LogP contribution in [0.3, 0.4) is 0 Å². The molecule has 1 aromatic carbocycles. The fourth-order valence-corrected chi connectivity index (χ4v) is 1.31. The van der Waals surface area contributed by atoms with Crippen LogP contribution in [0.1, 0.15) is 27.6 Å². The maximum atomic E-state index is 12.8. The minimum Gasteiger partial charge on any atom is -0.477 e. The van der Waals surface area contributed by atoms with Gasteiger partial charge in [-0.2, -0.15) is 8.78 Å². The van der Waals surface area contributed by atoms with Crippen molar-refractivity contribution in [3.05, 3.63) is 35.4 Å². The lowest BCUT2D eigenvalue weighted by Crippen LogP contribution is -2.34. The third kappa shape index (κ3) is 5.62. The number of carbonyl (C=O) groups is 3. The number of esters is 2. The lowest BCUT2D eigenvalue weighted by molar-refractivity contribution is -0.170. The number of aliphatic carboxylic acids is 1. The zero-order chi connectivity index (χ0) is 17.5. The third-order valence-corrected chi connectivity index (χ3v) is 2.53. The number of carboxylic acids is 1. The molecule has 0 heterocycles. The molecular formula is C14H14F2O7. The Bertz CT molecular complexity index is 569. The van der Waals surface area contributed by atoms with Gasteiger partial charge in [0.2, 0.25) is 0 Å². The van der Waals surface area contributed by atoms with Crippen molar-refractivity contribution in [2.45, 2.75) is 12.8 Å². The predicted octanol–water partition coefficient (Wildman–Crippen LogP) is 1.71. The molecule has 23 heavy (non-hydrogen) atoms. The Balaban J connectivity index is 2.60. The van der Waals surface area contributed by atoms with Crippen LogP contribution in [0.15, 0.2) is 24.3 Å². The van der Waals surface area contributed by atoms with Gasteiger partial charge in [0.15, 0.2) is 13.4 Å². The summed E-state index contributed by atoms with van der Waals surface area (Å²) in [6.07, 6.45) is 0. The van der Waals surface area contributed by atoms with Crippen molar-refractivity contribution >= 4 is 17.9 Å². The van der Waals surface area contributed by atoms with E-state index in [0.29, 0.717) is 6.61 Å². The van der Waals surface area contributed by atoms with Gasteiger partial charge >= 0.3 is 23.8 Å². The number of benzene rings is 1. The summed E-state index contributed by atoms with van der Waals surface area (Å²) in [7, 11) is 0. The Labute approximate surface area is 129 Å². The fourth-order valence-electron chi connectivity index (χ4n) is 1.31. The van der Waals surface area contributed by atoms with E-state index in [4.69, 9.17) is 14.6 Å². The average Bonchev–Trinajstić information content (AvgIpc) is 2.52. The van der Waals surface area contributed by atoms with E-state index in [2.05, 4.69) is 4.74 Å². The molecule has 9 heteroatoms. The van der Waals surface area contributed by atoms with Crippen molar-refractivity contribution in [1.29, 1.82) is 0 Å². The highest BCUT2D eigenvalue weighted by Gasteiger charge is 2.40. The molecule has 0 bridgehead atoms. The lowest BCUT2D eigenvalue weighted by Gasteiger charge is -2.11. The van der Waals surface area contributed by atoms with Gasteiger partial charge in [0.1, 0.15) is 0 Å². The maximum absolute atomic E-state index is 12.8. The molecule has 0 saturated heterocycles. The Morgan fingerprint density at radius 1 is 1.04 bits per heavy atom. The van der Waals surface area contributed by atoms with Gasteiger partial charge in [-0.05, 0) is 31.2 Å². The van der Waals surface area contributed by atoms with Crippen molar-refractivity contribution in [3.63, 3.8) is 0 Å². The molecular weight excluding hydrogens is 318 g/mol.